The Morgan fingerprint density at radius 3 is 2.56 bits per heavy atom. The van der Waals surface area contributed by atoms with Gasteiger partial charge in [0, 0.05) is 16.6 Å². The predicted octanol–water partition coefficient (Wildman–Crippen LogP) is 4.61. The highest BCUT2D eigenvalue weighted by molar-refractivity contribution is 9.10. The Kier molecular flexibility index (Phi) is 7.85. The first-order chi connectivity index (χ1) is 13.0. The second kappa shape index (κ2) is 10.1. The van der Waals surface area contributed by atoms with Gasteiger partial charge in [0.1, 0.15) is 5.75 Å². The maximum Gasteiger partial charge on any atom is 0.343 e. The summed E-state index contributed by atoms with van der Waals surface area (Å²) < 4.78 is 10.9. The molecule has 1 amide bonds. The molecule has 0 aliphatic rings. The van der Waals surface area contributed by atoms with Crippen molar-refractivity contribution >= 4 is 27.8 Å². The number of hydrogen-bond donors (Lipinski definition) is 0. The third-order valence-electron chi connectivity index (χ3n) is 4.21. The van der Waals surface area contributed by atoms with Crippen LogP contribution < -0.4 is 4.74 Å². The molecule has 2 rings (SSSR count). The SMILES string of the molecule is CCCN(C(=O)c1cccc(OCC(=O)OC)c1)C(C)c1ccccc1Br. The first kappa shape index (κ1) is 21.0. The number of amides is 1. The fourth-order valence-corrected chi connectivity index (χ4v) is 3.40. The second-order valence-electron chi connectivity index (χ2n) is 6.09. The van der Waals surface area contributed by atoms with E-state index in [0.29, 0.717) is 17.9 Å². The van der Waals surface area contributed by atoms with E-state index >= 15 is 0 Å². The minimum Gasteiger partial charge on any atom is -0.482 e. The molecule has 0 saturated carbocycles. The van der Waals surface area contributed by atoms with Gasteiger partial charge >= 0.3 is 5.97 Å². The number of ether oxygens (including phenoxy) is 2. The molecule has 0 saturated heterocycles. The Hall–Kier alpha value is -2.34. The Morgan fingerprint density at radius 2 is 1.89 bits per heavy atom. The van der Waals surface area contributed by atoms with Crippen LogP contribution in [0.5, 0.6) is 5.75 Å². The van der Waals surface area contributed by atoms with Gasteiger partial charge in [-0.3, -0.25) is 4.79 Å². The van der Waals surface area contributed by atoms with Crippen molar-refractivity contribution in [2.24, 2.45) is 0 Å². The molecule has 2 aromatic carbocycles. The summed E-state index contributed by atoms with van der Waals surface area (Å²) in [5.74, 6) is -0.0956. The molecular formula is C21H24BrNO4. The summed E-state index contributed by atoms with van der Waals surface area (Å²) in [6.45, 7) is 4.50. The summed E-state index contributed by atoms with van der Waals surface area (Å²) >= 11 is 3.57. The molecular weight excluding hydrogens is 410 g/mol. The lowest BCUT2D eigenvalue weighted by atomic mass is 10.0. The highest BCUT2D eigenvalue weighted by atomic mass is 79.9. The Labute approximate surface area is 168 Å². The van der Waals surface area contributed by atoms with Crippen LogP contribution in [0.25, 0.3) is 0 Å². The van der Waals surface area contributed by atoms with Crippen LogP contribution in [0.2, 0.25) is 0 Å². The van der Waals surface area contributed by atoms with E-state index in [4.69, 9.17) is 4.74 Å². The number of halogens is 1. The van der Waals surface area contributed by atoms with Crippen LogP contribution in [0.1, 0.15) is 42.2 Å². The van der Waals surface area contributed by atoms with Crippen LogP contribution in [0.3, 0.4) is 0 Å². The molecule has 6 heteroatoms. The van der Waals surface area contributed by atoms with Crippen LogP contribution >= 0.6 is 15.9 Å². The topological polar surface area (TPSA) is 55.8 Å². The summed E-state index contributed by atoms with van der Waals surface area (Å²) in [4.78, 5) is 26.3. The van der Waals surface area contributed by atoms with Crippen LogP contribution in [-0.4, -0.2) is 37.0 Å². The van der Waals surface area contributed by atoms with Crippen molar-refractivity contribution < 1.29 is 19.1 Å². The fourth-order valence-electron chi connectivity index (χ4n) is 2.78. The standard InChI is InChI=1S/C21H24BrNO4/c1-4-12-23(15(2)18-10-5-6-11-19(18)22)21(25)16-8-7-9-17(13-16)27-14-20(24)26-3/h5-11,13,15H,4,12,14H2,1-3H3. The van der Waals surface area contributed by atoms with Gasteiger partial charge in [0.05, 0.1) is 13.2 Å². The summed E-state index contributed by atoms with van der Waals surface area (Å²) in [5.41, 5.74) is 1.57. The van der Waals surface area contributed by atoms with Gasteiger partial charge in [-0.25, -0.2) is 4.79 Å². The maximum atomic E-state index is 13.2. The normalized spacial score (nSPS) is 11.6. The molecule has 0 bridgehead atoms. The first-order valence-corrected chi connectivity index (χ1v) is 9.62. The number of carbonyl (C=O) groups is 2. The number of benzene rings is 2. The number of methoxy groups -OCH3 is 1. The van der Waals surface area contributed by atoms with Gasteiger partial charge in [-0.2, -0.15) is 0 Å². The lowest BCUT2D eigenvalue weighted by molar-refractivity contribution is -0.142. The summed E-state index contributed by atoms with van der Waals surface area (Å²) in [6, 6.07) is 14.7. The molecule has 0 heterocycles. The largest absolute Gasteiger partial charge is 0.482 e. The molecule has 0 spiro atoms. The van der Waals surface area contributed by atoms with Crippen molar-refractivity contribution in [3.63, 3.8) is 0 Å². The van der Waals surface area contributed by atoms with E-state index in [9.17, 15) is 9.59 Å². The monoisotopic (exact) mass is 433 g/mol. The number of hydrogen-bond acceptors (Lipinski definition) is 4. The zero-order valence-electron chi connectivity index (χ0n) is 15.8. The lowest BCUT2D eigenvalue weighted by Gasteiger charge is -2.30. The van der Waals surface area contributed by atoms with Crippen LogP contribution in [-0.2, 0) is 9.53 Å². The van der Waals surface area contributed by atoms with E-state index < -0.39 is 5.97 Å². The van der Waals surface area contributed by atoms with E-state index in [1.54, 1.807) is 24.3 Å². The third-order valence-corrected chi connectivity index (χ3v) is 4.94. The Balaban J connectivity index is 2.23. The number of nitrogens with zero attached hydrogens (tertiary/aromatic N) is 1. The van der Waals surface area contributed by atoms with E-state index in [0.717, 1.165) is 16.5 Å². The minimum atomic E-state index is -0.470. The molecule has 0 aromatic heterocycles. The highest BCUT2D eigenvalue weighted by Crippen LogP contribution is 2.29. The summed E-state index contributed by atoms with van der Waals surface area (Å²) in [7, 11) is 1.30. The van der Waals surface area contributed by atoms with Gasteiger partial charge in [-0.1, -0.05) is 47.1 Å². The maximum absolute atomic E-state index is 13.2. The zero-order valence-corrected chi connectivity index (χ0v) is 17.4. The number of rotatable bonds is 8. The van der Waals surface area contributed by atoms with Crippen LogP contribution in [0, 0.1) is 0 Å². The molecule has 5 nitrogen and oxygen atoms in total. The van der Waals surface area contributed by atoms with Crippen molar-refractivity contribution in [1.82, 2.24) is 4.90 Å². The molecule has 0 N–H and O–H groups in total. The second-order valence-corrected chi connectivity index (χ2v) is 6.94. The molecule has 0 radical (unpaired) electrons. The van der Waals surface area contributed by atoms with Gasteiger partial charge in [-0.05, 0) is 43.2 Å². The van der Waals surface area contributed by atoms with Crippen molar-refractivity contribution in [1.29, 1.82) is 0 Å². The molecule has 0 aliphatic carbocycles. The summed E-state index contributed by atoms with van der Waals surface area (Å²) in [5, 5.41) is 0. The zero-order chi connectivity index (χ0) is 19.8. The average molecular weight is 434 g/mol. The van der Waals surface area contributed by atoms with Gasteiger partial charge < -0.3 is 14.4 Å². The van der Waals surface area contributed by atoms with E-state index in [1.165, 1.54) is 7.11 Å². The van der Waals surface area contributed by atoms with Gasteiger partial charge in [0.25, 0.3) is 5.91 Å². The highest BCUT2D eigenvalue weighted by Gasteiger charge is 2.23. The smallest absolute Gasteiger partial charge is 0.343 e. The molecule has 27 heavy (non-hydrogen) atoms. The predicted molar refractivity (Wildman–Crippen MR) is 108 cm³/mol. The minimum absolute atomic E-state index is 0.0800. The lowest BCUT2D eigenvalue weighted by Crippen LogP contribution is -2.34. The Bertz CT molecular complexity index is 793. The van der Waals surface area contributed by atoms with Crippen LogP contribution in [0.15, 0.2) is 53.0 Å². The van der Waals surface area contributed by atoms with E-state index in [-0.39, 0.29) is 18.6 Å². The first-order valence-electron chi connectivity index (χ1n) is 8.83. The van der Waals surface area contributed by atoms with Crippen molar-refractivity contribution in [3.8, 4) is 5.75 Å². The average Bonchev–Trinajstić information content (AvgIpc) is 2.69. The molecule has 0 fully saturated rings. The number of esters is 1. The van der Waals surface area contributed by atoms with E-state index in [2.05, 4.69) is 20.7 Å². The summed E-state index contributed by atoms with van der Waals surface area (Å²) in [6.07, 6.45) is 0.846. The molecule has 2 aromatic rings. The van der Waals surface area contributed by atoms with Crippen molar-refractivity contribution in [2.45, 2.75) is 26.3 Å². The van der Waals surface area contributed by atoms with Gasteiger partial charge in [0.15, 0.2) is 6.61 Å². The molecule has 1 atom stereocenters. The molecule has 144 valence electrons. The van der Waals surface area contributed by atoms with Gasteiger partial charge in [-0.15, -0.1) is 0 Å². The third kappa shape index (κ3) is 5.57. The van der Waals surface area contributed by atoms with E-state index in [1.807, 2.05) is 43.0 Å². The van der Waals surface area contributed by atoms with Crippen LogP contribution in [0.4, 0.5) is 0 Å². The van der Waals surface area contributed by atoms with Crippen molar-refractivity contribution in [3.05, 3.63) is 64.1 Å². The molecule has 0 aliphatic heterocycles. The number of carbonyl (C=O) groups excluding carboxylic acids is 2. The Morgan fingerprint density at radius 1 is 1.15 bits per heavy atom. The molecule has 1 unspecified atom stereocenters. The van der Waals surface area contributed by atoms with Crippen molar-refractivity contribution in [2.75, 3.05) is 20.3 Å². The fraction of sp³-hybridized carbons (Fsp3) is 0.333. The van der Waals surface area contributed by atoms with Gasteiger partial charge in [0.2, 0.25) is 0 Å². The quantitative estimate of drug-likeness (QED) is 0.570.